The molecule has 2 N–H and O–H groups in total. The predicted molar refractivity (Wildman–Crippen MR) is 66.2 cm³/mol. The number of halogens is 3. The Labute approximate surface area is 108 Å². The van der Waals surface area contributed by atoms with Crippen molar-refractivity contribution in [1.29, 1.82) is 0 Å². The van der Waals surface area contributed by atoms with Crippen molar-refractivity contribution in [2.75, 3.05) is 7.11 Å². The number of ether oxygens (including phenoxy) is 1. The molecule has 0 aromatic heterocycles. The van der Waals surface area contributed by atoms with E-state index in [1.807, 2.05) is 0 Å². The van der Waals surface area contributed by atoms with Crippen molar-refractivity contribution < 1.29 is 17.9 Å². The molecule has 2 aromatic carbocycles. The summed E-state index contributed by atoms with van der Waals surface area (Å²) in [5, 5.41) is 0. The van der Waals surface area contributed by atoms with Crippen LogP contribution < -0.4 is 10.5 Å². The van der Waals surface area contributed by atoms with E-state index in [4.69, 9.17) is 10.5 Å². The lowest BCUT2D eigenvalue weighted by Gasteiger charge is -2.09. The van der Waals surface area contributed by atoms with Crippen molar-refractivity contribution in [3.05, 3.63) is 53.3 Å². The van der Waals surface area contributed by atoms with E-state index in [1.54, 1.807) is 0 Å². The van der Waals surface area contributed by atoms with Gasteiger partial charge in [-0.3, -0.25) is 0 Å². The highest BCUT2D eigenvalue weighted by Crippen LogP contribution is 2.30. The fourth-order valence-electron chi connectivity index (χ4n) is 1.81. The summed E-state index contributed by atoms with van der Waals surface area (Å²) < 4.78 is 46.0. The second-order valence-corrected chi connectivity index (χ2v) is 3.98. The minimum Gasteiger partial charge on any atom is -0.497 e. The van der Waals surface area contributed by atoms with Crippen molar-refractivity contribution in [3.63, 3.8) is 0 Å². The number of benzene rings is 2. The molecule has 0 saturated heterocycles. The topological polar surface area (TPSA) is 35.2 Å². The lowest BCUT2D eigenvalue weighted by molar-refractivity contribution is 0.407. The minimum absolute atomic E-state index is 0.0275. The molecule has 0 heterocycles. The average molecular weight is 267 g/mol. The largest absolute Gasteiger partial charge is 0.497 e. The highest BCUT2D eigenvalue weighted by atomic mass is 19.1. The van der Waals surface area contributed by atoms with Crippen LogP contribution in [-0.4, -0.2) is 7.11 Å². The molecule has 0 spiro atoms. The summed E-state index contributed by atoms with van der Waals surface area (Å²) in [6.07, 6.45) is 0. The quantitative estimate of drug-likeness (QED) is 0.926. The van der Waals surface area contributed by atoms with Crippen LogP contribution >= 0.6 is 0 Å². The van der Waals surface area contributed by atoms with Crippen molar-refractivity contribution in [1.82, 2.24) is 0 Å². The van der Waals surface area contributed by atoms with Crippen LogP contribution in [0, 0.1) is 17.5 Å². The Hall–Kier alpha value is -2.01. The average Bonchev–Trinajstić information content (AvgIpc) is 2.38. The fourth-order valence-corrected chi connectivity index (χ4v) is 1.81. The summed E-state index contributed by atoms with van der Waals surface area (Å²) in [6, 6.07) is 6.00. The van der Waals surface area contributed by atoms with E-state index in [1.165, 1.54) is 19.2 Å². The molecule has 2 aromatic rings. The Bertz CT molecular complexity index is 591. The molecular formula is C14H12F3NO. The van der Waals surface area contributed by atoms with Crippen LogP contribution in [0.5, 0.6) is 5.75 Å². The first-order valence-corrected chi connectivity index (χ1v) is 5.58. The van der Waals surface area contributed by atoms with Crippen molar-refractivity contribution in [2.24, 2.45) is 5.73 Å². The van der Waals surface area contributed by atoms with Crippen LogP contribution in [-0.2, 0) is 6.54 Å². The first-order chi connectivity index (χ1) is 9.06. The van der Waals surface area contributed by atoms with Gasteiger partial charge in [-0.2, -0.15) is 0 Å². The van der Waals surface area contributed by atoms with Crippen molar-refractivity contribution in [3.8, 4) is 16.9 Å². The molecule has 19 heavy (non-hydrogen) atoms. The summed E-state index contributed by atoms with van der Waals surface area (Å²) in [5.74, 6) is -2.14. The van der Waals surface area contributed by atoms with Gasteiger partial charge in [-0.05, 0) is 11.6 Å². The van der Waals surface area contributed by atoms with Crippen LogP contribution in [0.2, 0.25) is 0 Å². The SMILES string of the molecule is COc1cc(F)c(-c2ccc(CN)c(F)c2)c(F)c1. The third kappa shape index (κ3) is 2.56. The van der Waals surface area contributed by atoms with E-state index >= 15 is 0 Å². The molecule has 0 aliphatic heterocycles. The van der Waals surface area contributed by atoms with Gasteiger partial charge >= 0.3 is 0 Å². The van der Waals surface area contributed by atoms with Crippen LogP contribution in [0.15, 0.2) is 30.3 Å². The monoisotopic (exact) mass is 267 g/mol. The third-order valence-electron chi connectivity index (χ3n) is 2.81. The van der Waals surface area contributed by atoms with Gasteiger partial charge in [-0.25, -0.2) is 13.2 Å². The van der Waals surface area contributed by atoms with Crippen molar-refractivity contribution >= 4 is 0 Å². The number of nitrogens with two attached hydrogens (primary N) is 1. The first kappa shape index (κ1) is 13.4. The molecule has 0 bridgehead atoms. The molecule has 0 atom stereocenters. The van der Waals surface area contributed by atoms with Gasteiger partial charge in [0.05, 0.1) is 12.7 Å². The smallest absolute Gasteiger partial charge is 0.137 e. The normalized spacial score (nSPS) is 10.6. The van der Waals surface area contributed by atoms with Gasteiger partial charge in [-0.15, -0.1) is 0 Å². The molecule has 100 valence electrons. The van der Waals surface area contributed by atoms with Crippen molar-refractivity contribution in [2.45, 2.75) is 6.54 Å². The van der Waals surface area contributed by atoms with Gasteiger partial charge < -0.3 is 10.5 Å². The zero-order chi connectivity index (χ0) is 14.0. The van der Waals surface area contributed by atoms with Crippen LogP contribution in [0.1, 0.15) is 5.56 Å². The Kier molecular flexibility index (Phi) is 3.76. The number of hydrogen-bond donors (Lipinski definition) is 1. The van der Waals surface area contributed by atoms with E-state index in [-0.39, 0.29) is 29.0 Å². The van der Waals surface area contributed by atoms with Gasteiger partial charge in [0.1, 0.15) is 23.2 Å². The summed E-state index contributed by atoms with van der Waals surface area (Å²) in [5.41, 5.74) is 5.45. The molecule has 2 rings (SSSR count). The summed E-state index contributed by atoms with van der Waals surface area (Å²) in [6.45, 7) is 0.0275. The van der Waals surface area contributed by atoms with E-state index in [0.29, 0.717) is 0 Å². The zero-order valence-corrected chi connectivity index (χ0v) is 10.2. The fraction of sp³-hybridized carbons (Fsp3) is 0.143. The second-order valence-electron chi connectivity index (χ2n) is 3.98. The Balaban J connectivity index is 2.56. The maximum atomic E-state index is 13.8. The summed E-state index contributed by atoms with van der Waals surface area (Å²) >= 11 is 0. The van der Waals surface area contributed by atoms with E-state index in [2.05, 4.69) is 0 Å². The molecule has 0 amide bonds. The molecule has 2 nitrogen and oxygen atoms in total. The lowest BCUT2D eigenvalue weighted by Crippen LogP contribution is -2.00. The highest BCUT2D eigenvalue weighted by molar-refractivity contribution is 5.66. The summed E-state index contributed by atoms with van der Waals surface area (Å²) in [7, 11) is 1.31. The standard InChI is InChI=1S/C14H12F3NO/c1-19-10-5-12(16)14(13(17)6-10)8-2-3-9(7-18)11(15)4-8/h2-6H,7,18H2,1H3. The molecule has 0 aliphatic carbocycles. The first-order valence-electron chi connectivity index (χ1n) is 5.58. The predicted octanol–water partition coefficient (Wildman–Crippen LogP) is 3.24. The maximum absolute atomic E-state index is 13.8. The zero-order valence-electron chi connectivity index (χ0n) is 10.2. The van der Waals surface area contributed by atoms with Crippen LogP contribution in [0.25, 0.3) is 11.1 Å². The summed E-state index contributed by atoms with van der Waals surface area (Å²) in [4.78, 5) is 0. The maximum Gasteiger partial charge on any atom is 0.137 e. The van der Waals surface area contributed by atoms with Gasteiger partial charge in [0.2, 0.25) is 0 Å². The molecule has 0 aliphatic rings. The molecule has 0 fully saturated rings. The van der Waals surface area contributed by atoms with E-state index in [9.17, 15) is 13.2 Å². The Morgan fingerprint density at radius 2 is 1.63 bits per heavy atom. The van der Waals surface area contributed by atoms with Gasteiger partial charge in [0, 0.05) is 24.2 Å². The lowest BCUT2D eigenvalue weighted by atomic mass is 10.0. The van der Waals surface area contributed by atoms with E-state index in [0.717, 1.165) is 18.2 Å². The molecule has 0 unspecified atom stereocenters. The van der Waals surface area contributed by atoms with E-state index < -0.39 is 17.5 Å². The minimum atomic E-state index is -0.809. The molecule has 0 saturated carbocycles. The number of methoxy groups -OCH3 is 1. The van der Waals surface area contributed by atoms with Gasteiger partial charge in [0.15, 0.2) is 0 Å². The number of hydrogen-bond acceptors (Lipinski definition) is 2. The highest BCUT2D eigenvalue weighted by Gasteiger charge is 2.15. The van der Waals surface area contributed by atoms with Crippen LogP contribution in [0.3, 0.4) is 0 Å². The molecule has 0 radical (unpaired) electrons. The van der Waals surface area contributed by atoms with Crippen LogP contribution in [0.4, 0.5) is 13.2 Å². The Morgan fingerprint density at radius 3 is 2.11 bits per heavy atom. The second kappa shape index (κ2) is 5.32. The molecule has 5 heteroatoms. The molecular weight excluding hydrogens is 255 g/mol. The Morgan fingerprint density at radius 1 is 1.00 bits per heavy atom. The van der Waals surface area contributed by atoms with Gasteiger partial charge in [0.25, 0.3) is 0 Å². The number of rotatable bonds is 3. The third-order valence-corrected chi connectivity index (χ3v) is 2.81. The van der Waals surface area contributed by atoms with Gasteiger partial charge in [-0.1, -0.05) is 12.1 Å².